The first-order valence-electron chi connectivity index (χ1n) is 41.7. The number of aromatic amines is 3. The van der Waals surface area contributed by atoms with Gasteiger partial charge in [0.2, 0.25) is 17.8 Å². The van der Waals surface area contributed by atoms with E-state index in [0.29, 0.717) is 125 Å². The van der Waals surface area contributed by atoms with Crippen molar-refractivity contribution in [2.24, 2.45) is 0 Å². The third kappa shape index (κ3) is 27.1. The van der Waals surface area contributed by atoms with Gasteiger partial charge in [-0.3, -0.25) is 39.1 Å². The van der Waals surface area contributed by atoms with Gasteiger partial charge >= 0.3 is 37.9 Å². The molecule has 14 rings (SSSR count). The summed E-state index contributed by atoms with van der Waals surface area (Å²) in [5, 5.41) is 35.9. The highest BCUT2D eigenvalue weighted by Crippen LogP contribution is 2.56. The van der Waals surface area contributed by atoms with Crippen molar-refractivity contribution in [2.75, 3.05) is 55.4 Å². The normalized spacial score (nSPS) is 15.3. The zero-order valence-corrected chi connectivity index (χ0v) is 75.2. The lowest BCUT2D eigenvalue weighted by Gasteiger charge is -2.28. The molecule has 0 spiro atoms. The van der Waals surface area contributed by atoms with Crippen LogP contribution in [0, 0.1) is 17.5 Å². The largest absolute Gasteiger partial charge is 0.476 e. The molecule has 0 aliphatic carbocycles. The number of benzene rings is 5. The number of halogens is 3. The molecule has 11 aromatic rings. The second kappa shape index (κ2) is 42.7. The third-order valence-corrected chi connectivity index (χ3v) is 20.5. The number of anilines is 3. The highest BCUT2D eigenvalue weighted by atomic mass is 31.2. The molecular formula is C89H112F3N18O16P. The molecule has 680 valence electrons. The van der Waals surface area contributed by atoms with Crippen LogP contribution in [0.4, 0.5) is 45.4 Å². The molecule has 127 heavy (non-hydrogen) atoms. The van der Waals surface area contributed by atoms with Crippen LogP contribution >= 0.6 is 7.82 Å². The number of imidazole rings is 3. The summed E-state index contributed by atoms with van der Waals surface area (Å²) in [5.41, 5.74) is 3.07. The second-order valence-corrected chi connectivity index (χ2v) is 34.9. The predicted molar refractivity (Wildman–Crippen MR) is 471 cm³/mol. The number of hydrogen-bond donors (Lipinski definition) is 11. The van der Waals surface area contributed by atoms with E-state index in [-0.39, 0.29) is 88.4 Å². The molecule has 3 saturated heterocycles. The molecule has 0 unspecified atom stereocenters. The van der Waals surface area contributed by atoms with Gasteiger partial charge in [0.05, 0.1) is 64.6 Å². The van der Waals surface area contributed by atoms with E-state index in [9.17, 15) is 38.8 Å². The highest BCUT2D eigenvalue weighted by molar-refractivity contribution is 7.48. The molecular weight excluding hydrogens is 1670 g/mol. The number of phosphoric acid groups is 1. The van der Waals surface area contributed by atoms with Crippen LogP contribution in [-0.2, 0) is 81.4 Å². The number of nitrogens with one attached hydrogen (secondary N) is 9. The fourth-order valence-electron chi connectivity index (χ4n) is 13.6. The van der Waals surface area contributed by atoms with Crippen molar-refractivity contribution in [3.8, 4) is 33.4 Å². The molecule has 38 heteroatoms. The van der Waals surface area contributed by atoms with Crippen LogP contribution < -0.4 is 31.9 Å². The molecule has 3 fully saturated rings. The number of ether oxygens (including phenoxy) is 5. The number of amides is 6. The Kier molecular flexibility index (Phi) is 32.7. The first-order valence-corrected chi connectivity index (χ1v) is 43.1. The molecule has 6 amide bonds. The SMILES string of the molecule is CC(=O)OC(C)(C)C.CC(=O)OC(C)(C)C.CCNC(=O)Nc1nc2c([C@H]3CCCO3)c(F)c(-c3cnc(C(C)(C)O)nc3)cc2[nH]1.CCNC(=O)Nc1nc2c([C@H]3CCCO3)c(F)c(-c3cnc(C(C)(C)O)nc3)cc2[nH]1.CCNC(=O)Nc1nc2c([C@H]3CCCO3)c(F)c(-c3cnc(C(C)(C)OP(=O)(OCc4ccccc4)OCc4ccccc4)nc3)cc2[nH]1. The van der Waals surface area contributed by atoms with E-state index in [1.807, 2.05) is 102 Å². The van der Waals surface area contributed by atoms with Gasteiger partial charge in [0, 0.05) is 141 Å². The van der Waals surface area contributed by atoms with Crippen LogP contribution in [0.5, 0.6) is 0 Å². The lowest BCUT2D eigenvalue weighted by Crippen LogP contribution is -2.28. The van der Waals surface area contributed by atoms with Crippen LogP contribution in [0.1, 0.15) is 220 Å². The van der Waals surface area contributed by atoms with Crippen molar-refractivity contribution in [3.63, 3.8) is 0 Å². The van der Waals surface area contributed by atoms with Crippen LogP contribution in [0.25, 0.3) is 66.5 Å². The summed E-state index contributed by atoms with van der Waals surface area (Å²) in [6.07, 6.45) is 11.9. The number of esters is 2. The van der Waals surface area contributed by atoms with Gasteiger partial charge in [0.1, 0.15) is 45.5 Å². The average molecular weight is 1780 g/mol. The van der Waals surface area contributed by atoms with Crippen molar-refractivity contribution in [1.82, 2.24) is 75.8 Å². The number of nitrogens with zero attached hydrogens (tertiary/aromatic N) is 9. The standard InChI is InChI=1S/C35H38FN6O6P.2C21H25FN6O3.2C6H12O2/c1-4-37-34(43)42-33-40-27-18-26(30(36)29(31(27)41-33)28-16-11-17-45-28)25-19-38-32(39-20-25)35(2,3)48-49(44,46-21-23-12-7-5-8-13-23)47-22-24-14-9-6-10-15-24;2*1-4-23-20(29)28-19-26-13-8-12(11-9-24-18(25-10-11)21(2,3)30)16(22)15(17(13)27-19)14-6-5-7-31-14;2*1-5(7)8-6(2,3)4/h5-10,12-15,18-20,28H,4,11,16-17,21-22H2,1-3H3,(H3,37,40,41,42,43);2*8-10,14,30H,4-7H2,1-3H3,(H3,23,26,27,28,29);2*1-4H3/t28-;2*14-;;/m111../s1. The fraction of sp³-hybridized carbons (Fsp3) is 0.438. The monoisotopic (exact) mass is 1780 g/mol. The first-order chi connectivity index (χ1) is 60.0. The van der Waals surface area contributed by atoms with Crippen molar-refractivity contribution in [1.29, 1.82) is 0 Å². The summed E-state index contributed by atoms with van der Waals surface area (Å²) in [6, 6.07) is 22.1. The number of H-pyrrole nitrogens is 3. The Morgan fingerprint density at radius 1 is 0.457 bits per heavy atom. The molecule has 3 aliphatic heterocycles. The summed E-state index contributed by atoms with van der Waals surface area (Å²) in [6.45, 7) is 31.9. The number of rotatable bonds is 23. The van der Waals surface area contributed by atoms with E-state index < -0.39 is 78.5 Å². The Hall–Kier alpha value is -11.8. The molecule has 3 aliphatic rings. The van der Waals surface area contributed by atoms with Crippen LogP contribution in [-0.4, -0.2) is 151 Å². The predicted octanol–water partition coefficient (Wildman–Crippen LogP) is 17.4. The summed E-state index contributed by atoms with van der Waals surface area (Å²) < 4.78 is 106. The number of carbonyl (C=O) groups is 5. The van der Waals surface area contributed by atoms with Crippen molar-refractivity contribution < 1.29 is 89.2 Å². The number of urea groups is 3. The Bertz CT molecular complexity index is 5380. The third-order valence-electron chi connectivity index (χ3n) is 18.9. The average Bonchev–Trinajstić information content (AvgIpc) is 1.66. The Morgan fingerprint density at radius 2 is 0.740 bits per heavy atom. The summed E-state index contributed by atoms with van der Waals surface area (Å²) in [5.74, 6) is -0.625. The number of fused-ring (bicyclic) bond motifs is 3. The molecule has 9 heterocycles. The van der Waals surface area contributed by atoms with Crippen LogP contribution in [0.3, 0.4) is 0 Å². The number of hydrogen-bond acceptors (Lipinski definition) is 25. The quantitative estimate of drug-likeness (QED) is 0.0209. The molecule has 5 aromatic carbocycles. The van der Waals surface area contributed by atoms with Gasteiger partial charge < -0.3 is 64.8 Å². The smallest absolute Gasteiger partial charge is 0.460 e. The molecule has 6 aromatic heterocycles. The summed E-state index contributed by atoms with van der Waals surface area (Å²) >= 11 is 0. The Labute approximate surface area is 733 Å². The molecule has 11 N–H and O–H groups in total. The highest BCUT2D eigenvalue weighted by Gasteiger charge is 2.40. The zero-order chi connectivity index (χ0) is 92.3. The van der Waals surface area contributed by atoms with E-state index in [2.05, 4.69) is 91.7 Å². The first kappa shape index (κ1) is 97.4. The minimum Gasteiger partial charge on any atom is -0.460 e. The Balaban J connectivity index is 0.000000188. The number of carbonyl (C=O) groups excluding carboxylic acids is 5. The number of phosphoric ester groups is 1. The molecule has 0 bridgehead atoms. The summed E-state index contributed by atoms with van der Waals surface area (Å²) in [7, 11) is -4.17. The fourth-order valence-corrected chi connectivity index (χ4v) is 15.0. The van der Waals surface area contributed by atoms with Crippen molar-refractivity contribution in [2.45, 2.75) is 216 Å². The van der Waals surface area contributed by atoms with E-state index in [4.69, 9.17) is 37.3 Å². The maximum atomic E-state index is 16.4. The van der Waals surface area contributed by atoms with Gasteiger partial charge in [-0.1, -0.05) is 60.7 Å². The summed E-state index contributed by atoms with van der Waals surface area (Å²) in [4.78, 5) is 105. The van der Waals surface area contributed by atoms with Gasteiger partial charge in [-0.15, -0.1) is 0 Å². The van der Waals surface area contributed by atoms with Gasteiger partial charge in [-0.25, -0.2) is 77.0 Å². The molecule has 0 saturated carbocycles. The lowest BCUT2D eigenvalue weighted by atomic mass is 9.98. The number of aromatic nitrogens is 12. The molecule has 0 radical (unpaired) electrons. The maximum Gasteiger partial charge on any atom is 0.476 e. The van der Waals surface area contributed by atoms with E-state index in [1.54, 1.807) is 80.5 Å². The Morgan fingerprint density at radius 3 is 0.976 bits per heavy atom. The zero-order valence-electron chi connectivity index (χ0n) is 74.3. The van der Waals surface area contributed by atoms with Gasteiger partial charge in [-0.05, 0) is 172 Å². The molecule has 34 nitrogen and oxygen atoms in total. The van der Waals surface area contributed by atoms with E-state index in [0.717, 1.165) is 30.4 Å². The van der Waals surface area contributed by atoms with Gasteiger partial charge in [0.15, 0.2) is 17.5 Å². The van der Waals surface area contributed by atoms with Crippen molar-refractivity contribution >= 4 is 88.8 Å². The number of aliphatic hydroxyl groups is 2. The van der Waals surface area contributed by atoms with Crippen molar-refractivity contribution in [3.05, 3.63) is 179 Å². The van der Waals surface area contributed by atoms with Gasteiger partial charge in [-0.2, -0.15) is 0 Å². The van der Waals surface area contributed by atoms with Gasteiger partial charge in [0.25, 0.3) is 0 Å². The topological polar surface area (TPSA) is 452 Å². The van der Waals surface area contributed by atoms with E-state index in [1.165, 1.54) is 51.0 Å². The second-order valence-electron chi connectivity index (χ2n) is 33.3. The van der Waals surface area contributed by atoms with E-state index >= 15 is 13.2 Å². The lowest BCUT2D eigenvalue weighted by molar-refractivity contribution is -0.153. The minimum atomic E-state index is -4.17. The van der Waals surface area contributed by atoms with Crippen LogP contribution in [0.15, 0.2) is 116 Å². The minimum absolute atomic E-state index is 0.00824. The maximum absolute atomic E-state index is 16.4. The molecule has 3 atom stereocenters. The van der Waals surface area contributed by atoms with Crippen LogP contribution in [0.2, 0.25) is 0 Å².